The number of hydrogen-bond acceptors (Lipinski definition) is 6. The van der Waals surface area contributed by atoms with Gasteiger partial charge in [-0.1, -0.05) is 18.2 Å². The molecule has 1 amide bonds. The third-order valence-electron chi connectivity index (χ3n) is 5.79. The molecule has 1 aliphatic rings. The fraction of sp³-hybridized carbons (Fsp3) is 0.280. The second-order valence-corrected chi connectivity index (χ2v) is 9.97. The van der Waals surface area contributed by atoms with Crippen LogP contribution in [0.5, 0.6) is 5.75 Å². The lowest BCUT2D eigenvalue weighted by molar-refractivity contribution is -0.111. The molecule has 1 saturated heterocycles. The van der Waals surface area contributed by atoms with Gasteiger partial charge in [0, 0.05) is 30.4 Å². The first-order valence-electron chi connectivity index (χ1n) is 11.2. The summed E-state index contributed by atoms with van der Waals surface area (Å²) < 4.78 is 39.8. The second-order valence-electron chi connectivity index (χ2n) is 8.03. The molecule has 10 heteroatoms. The van der Waals surface area contributed by atoms with Gasteiger partial charge in [-0.05, 0) is 50.3 Å². The van der Waals surface area contributed by atoms with Crippen LogP contribution in [-0.4, -0.2) is 61.8 Å². The van der Waals surface area contributed by atoms with Crippen molar-refractivity contribution in [2.45, 2.75) is 18.7 Å². The van der Waals surface area contributed by atoms with Crippen molar-refractivity contribution >= 4 is 27.7 Å². The highest BCUT2D eigenvalue weighted by molar-refractivity contribution is 7.89. The number of nitrogens with zero attached hydrogens (tertiary/aromatic N) is 3. The molecular weight excluding hydrogens is 468 g/mol. The Morgan fingerprint density at radius 1 is 1.11 bits per heavy atom. The number of amides is 1. The predicted octanol–water partition coefficient (Wildman–Crippen LogP) is 3.17. The number of hydrogen-bond donors (Lipinski definition) is 1. The lowest BCUT2D eigenvalue weighted by Crippen LogP contribution is -2.40. The molecule has 1 N–H and O–H groups in total. The molecule has 1 aliphatic heterocycles. The number of carbonyl (C=O) groups is 1. The third-order valence-corrected chi connectivity index (χ3v) is 7.68. The van der Waals surface area contributed by atoms with E-state index in [1.54, 1.807) is 6.08 Å². The van der Waals surface area contributed by atoms with E-state index in [9.17, 15) is 13.2 Å². The van der Waals surface area contributed by atoms with Gasteiger partial charge in [0.05, 0.1) is 42.3 Å². The molecule has 0 aliphatic carbocycles. The van der Waals surface area contributed by atoms with E-state index in [1.807, 2.05) is 48.9 Å². The van der Waals surface area contributed by atoms with Gasteiger partial charge in [0.2, 0.25) is 15.9 Å². The SMILES string of the molecule is COc1ccc(S(=O)(=O)N2CCOCC2)cc1NC(=O)/C=C/c1c(C)nn(-c2ccccc2)c1C. The number of sulfonamides is 1. The van der Waals surface area contributed by atoms with Crippen molar-refractivity contribution in [3.05, 3.63) is 71.6 Å². The van der Waals surface area contributed by atoms with Gasteiger partial charge in [0.25, 0.3) is 0 Å². The minimum absolute atomic E-state index is 0.0790. The topological polar surface area (TPSA) is 103 Å². The molecular formula is C25H28N4O5S. The van der Waals surface area contributed by atoms with Gasteiger partial charge < -0.3 is 14.8 Å². The zero-order valence-corrected chi connectivity index (χ0v) is 20.7. The minimum atomic E-state index is -3.72. The number of para-hydroxylation sites is 1. The summed E-state index contributed by atoms with van der Waals surface area (Å²) in [6.07, 6.45) is 3.10. The average Bonchev–Trinajstić information content (AvgIpc) is 3.16. The van der Waals surface area contributed by atoms with Gasteiger partial charge >= 0.3 is 0 Å². The molecule has 3 aromatic rings. The summed E-state index contributed by atoms with van der Waals surface area (Å²) in [6.45, 7) is 5.09. The number of aryl methyl sites for hydroxylation is 1. The summed E-state index contributed by atoms with van der Waals surface area (Å²) in [5, 5.41) is 7.33. The van der Waals surface area contributed by atoms with Crippen LogP contribution in [0, 0.1) is 13.8 Å². The zero-order chi connectivity index (χ0) is 25.0. The quantitative estimate of drug-likeness (QED) is 0.504. The largest absolute Gasteiger partial charge is 0.495 e. The molecule has 0 spiro atoms. The van der Waals surface area contributed by atoms with Gasteiger partial charge in [0.15, 0.2) is 0 Å². The highest BCUT2D eigenvalue weighted by Gasteiger charge is 2.27. The summed E-state index contributed by atoms with van der Waals surface area (Å²) in [6, 6.07) is 14.2. The molecule has 184 valence electrons. The Labute approximate surface area is 205 Å². The Hall–Kier alpha value is -3.47. The van der Waals surface area contributed by atoms with Crippen LogP contribution in [-0.2, 0) is 19.6 Å². The summed E-state index contributed by atoms with van der Waals surface area (Å²) in [4.78, 5) is 12.8. The van der Waals surface area contributed by atoms with E-state index in [-0.39, 0.29) is 23.7 Å². The van der Waals surface area contributed by atoms with Crippen LogP contribution in [0.1, 0.15) is 17.0 Å². The fourth-order valence-electron chi connectivity index (χ4n) is 3.93. The Morgan fingerprint density at radius 3 is 2.51 bits per heavy atom. The minimum Gasteiger partial charge on any atom is -0.495 e. The Balaban J connectivity index is 1.55. The summed E-state index contributed by atoms with van der Waals surface area (Å²) in [7, 11) is -2.26. The summed E-state index contributed by atoms with van der Waals surface area (Å²) in [5.74, 6) is -0.0626. The van der Waals surface area contributed by atoms with Gasteiger partial charge in [-0.3, -0.25) is 4.79 Å². The van der Waals surface area contributed by atoms with E-state index in [2.05, 4.69) is 10.4 Å². The van der Waals surface area contributed by atoms with Crippen LogP contribution in [0.3, 0.4) is 0 Å². The molecule has 1 aromatic heterocycles. The van der Waals surface area contributed by atoms with Crippen molar-refractivity contribution in [1.29, 1.82) is 0 Å². The van der Waals surface area contributed by atoms with E-state index >= 15 is 0 Å². The van der Waals surface area contributed by atoms with Crippen molar-refractivity contribution in [2.24, 2.45) is 0 Å². The first kappa shape index (κ1) is 24.6. The monoisotopic (exact) mass is 496 g/mol. The van der Waals surface area contributed by atoms with Crippen molar-refractivity contribution < 1.29 is 22.7 Å². The van der Waals surface area contributed by atoms with Gasteiger partial charge in [-0.15, -0.1) is 0 Å². The summed E-state index contributed by atoms with van der Waals surface area (Å²) in [5.41, 5.74) is 3.71. The average molecular weight is 497 g/mol. The van der Waals surface area contributed by atoms with Crippen LogP contribution >= 0.6 is 0 Å². The first-order chi connectivity index (χ1) is 16.8. The smallest absolute Gasteiger partial charge is 0.248 e. The van der Waals surface area contributed by atoms with Crippen molar-refractivity contribution in [3.8, 4) is 11.4 Å². The maximum atomic E-state index is 13.0. The van der Waals surface area contributed by atoms with E-state index in [1.165, 1.54) is 35.7 Å². The highest BCUT2D eigenvalue weighted by atomic mass is 32.2. The van der Waals surface area contributed by atoms with Crippen LogP contribution in [0.4, 0.5) is 5.69 Å². The van der Waals surface area contributed by atoms with Crippen LogP contribution in [0.2, 0.25) is 0 Å². The number of anilines is 1. The van der Waals surface area contributed by atoms with Gasteiger partial charge in [-0.25, -0.2) is 13.1 Å². The van der Waals surface area contributed by atoms with Gasteiger partial charge in [0.1, 0.15) is 5.75 Å². The van der Waals surface area contributed by atoms with Gasteiger partial charge in [-0.2, -0.15) is 9.40 Å². The number of aromatic nitrogens is 2. The molecule has 1 fully saturated rings. The molecule has 0 saturated carbocycles. The fourth-order valence-corrected chi connectivity index (χ4v) is 5.37. The molecule has 0 radical (unpaired) electrons. The van der Waals surface area contributed by atoms with Crippen LogP contribution in [0.25, 0.3) is 11.8 Å². The lowest BCUT2D eigenvalue weighted by atomic mass is 10.2. The summed E-state index contributed by atoms with van der Waals surface area (Å²) >= 11 is 0. The molecule has 9 nitrogen and oxygen atoms in total. The standard InChI is InChI=1S/C25H28N4O5S/c1-18-22(19(2)29(27-18)20-7-5-4-6-8-20)10-12-25(30)26-23-17-21(9-11-24(23)33-3)35(31,32)28-13-15-34-16-14-28/h4-12,17H,13-16H2,1-3H3,(H,26,30)/b12-10+. The lowest BCUT2D eigenvalue weighted by Gasteiger charge is -2.26. The van der Waals surface area contributed by atoms with Crippen molar-refractivity contribution in [3.63, 3.8) is 0 Å². The number of methoxy groups -OCH3 is 1. The number of benzene rings is 2. The predicted molar refractivity (Wildman–Crippen MR) is 133 cm³/mol. The van der Waals surface area contributed by atoms with Crippen LogP contribution < -0.4 is 10.1 Å². The number of morpholine rings is 1. The second kappa shape index (κ2) is 10.4. The van der Waals surface area contributed by atoms with E-state index in [0.29, 0.717) is 19.0 Å². The Morgan fingerprint density at radius 2 is 1.83 bits per heavy atom. The number of ether oxygens (including phenoxy) is 2. The molecule has 0 atom stereocenters. The van der Waals surface area contributed by atoms with E-state index in [0.717, 1.165) is 22.6 Å². The molecule has 0 bridgehead atoms. The molecule has 4 rings (SSSR count). The van der Waals surface area contributed by atoms with E-state index in [4.69, 9.17) is 9.47 Å². The Kier molecular flexibility index (Phi) is 7.34. The van der Waals surface area contributed by atoms with Crippen LogP contribution in [0.15, 0.2) is 59.5 Å². The molecule has 2 aromatic carbocycles. The zero-order valence-electron chi connectivity index (χ0n) is 19.9. The normalized spacial score (nSPS) is 14.8. The molecule has 2 heterocycles. The number of nitrogens with one attached hydrogen (secondary N) is 1. The first-order valence-corrected chi connectivity index (χ1v) is 12.6. The molecule has 35 heavy (non-hydrogen) atoms. The molecule has 0 unspecified atom stereocenters. The third kappa shape index (κ3) is 5.29. The van der Waals surface area contributed by atoms with Crippen molar-refractivity contribution in [2.75, 3.05) is 38.7 Å². The maximum absolute atomic E-state index is 13.0. The van der Waals surface area contributed by atoms with E-state index < -0.39 is 15.9 Å². The Bertz CT molecular complexity index is 1340. The highest BCUT2D eigenvalue weighted by Crippen LogP contribution is 2.29. The number of rotatable bonds is 7. The number of carbonyl (C=O) groups excluding carboxylic acids is 1. The maximum Gasteiger partial charge on any atom is 0.248 e. The van der Waals surface area contributed by atoms with Crippen molar-refractivity contribution in [1.82, 2.24) is 14.1 Å².